The third kappa shape index (κ3) is 4.17. The molecule has 0 heterocycles. The number of rotatable bonds is 5. The van der Waals surface area contributed by atoms with Gasteiger partial charge in [-0.3, -0.25) is 9.59 Å². The van der Waals surface area contributed by atoms with E-state index in [2.05, 4.69) is 5.32 Å². The van der Waals surface area contributed by atoms with Crippen LogP contribution in [0.15, 0.2) is 48.5 Å². The summed E-state index contributed by atoms with van der Waals surface area (Å²) in [6.07, 6.45) is 0.337. The molecule has 2 aromatic carbocycles. The van der Waals surface area contributed by atoms with Gasteiger partial charge in [-0.1, -0.05) is 24.3 Å². The van der Waals surface area contributed by atoms with E-state index in [-0.39, 0.29) is 0 Å². The predicted molar refractivity (Wildman–Crippen MR) is 86.5 cm³/mol. The van der Waals surface area contributed by atoms with Gasteiger partial charge in [0.25, 0.3) is 5.91 Å². The molecule has 23 heavy (non-hydrogen) atoms. The minimum Gasteiger partial charge on any atom is -0.368 e. The zero-order chi connectivity index (χ0) is 16.8. The molecular formula is C18H17N3O2. The first-order valence-corrected chi connectivity index (χ1v) is 7.16. The Balaban J connectivity index is 2.13. The molecule has 1 atom stereocenters. The van der Waals surface area contributed by atoms with Gasteiger partial charge in [-0.2, -0.15) is 5.26 Å². The third-order valence-corrected chi connectivity index (χ3v) is 3.61. The molecule has 5 nitrogen and oxygen atoms in total. The van der Waals surface area contributed by atoms with E-state index < -0.39 is 17.9 Å². The molecule has 2 amide bonds. The molecule has 0 bridgehead atoms. The van der Waals surface area contributed by atoms with Gasteiger partial charge < -0.3 is 11.1 Å². The summed E-state index contributed by atoms with van der Waals surface area (Å²) in [6.45, 7) is 1.94. The van der Waals surface area contributed by atoms with Gasteiger partial charge in [0, 0.05) is 12.0 Å². The fraction of sp³-hybridized carbons (Fsp3) is 0.167. The van der Waals surface area contributed by atoms with Crippen molar-refractivity contribution in [2.75, 3.05) is 0 Å². The minimum atomic E-state index is -0.792. The molecule has 0 aromatic heterocycles. The van der Waals surface area contributed by atoms with Gasteiger partial charge in [-0.05, 0) is 42.3 Å². The number of nitrogens with two attached hydrogens (primary N) is 1. The lowest BCUT2D eigenvalue weighted by Gasteiger charge is -2.17. The molecule has 0 radical (unpaired) electrons. The first-order valence-electron chi connectivity index (χ1n) is 7.16. The molecule has 0 unspecified atom stereocenters. The van der Waals surface area contributed by atoms with Crippen molar-refractivity contribution in [3.05, 3.63) is 70.8 Å². The number of nitrogens with one attached hydrogen (secondary N) is 1. The summed E-state index contributed by atoms with van der Waals surface area (Å²) in [5, 5.41) is 11.4. The SMILES string of the molecule is Cc1ccccc1C[C@H](NC(=O)c1ccc(C#N)cc1)C(N)=O. The van der Waals surface area contributed by atoms with E-state index in [1.54, 1.807) is 24.3 Å². The van der Waals surface area contributed by atoms with Gasteiger partial charge in [0.15, 0.2) is 0 Å². The van der Waals surface area contributed by atoms with Crippen molar-refractivity contribution in [1.29, 1.82) is 5.26 Å². The average Bonchev–Trinajstić information content (AvgIpc) is 2.56. The van der Waals surface area contributed by atoms with Gasteiger partial charge in [0.2, 0.25) is 5.91 Å². The zero-order valence-electron chi connectivity index (χ0n) is 12.7. The number of carbonyl (C=O) groups is 2. The molecule has 3 N–H and O–H groups in total. The highest BCUT2D eigenvalue weighted by Crippen LogP contribution is 2.11. The maximum absolute atomic E-state index is 12.2. The first-order chi connectivity index (χ1) is 11.0. The van der Waals surface area contributed by atoms with Gasteiger partial charge in [-0.25, -0.2) is 0 Å². The Hall–Kier alpha value is -3.13. The van der Waals surface area contributed by atoms with Gasteiger partial charge in [0.05, 0.1) is 11.6 Å². The fourth-order valence-corrected chi connectivity index (χ4v) is 2.22. The van der Waals surface area contributed by atoms with Gasteiger partial charge in [0.1, 0.15) is 6.04 Å². The molecule has 2 rings (SSSR count). The number of primary amides is 1. The maximum Gasteiger partial charge on any atom is 0.251 e. The lowest BCUT2D eigenvalue weighted by molar-refractivity contribution is -0.119. The van der Waals surface area contributed by atoms with Crippen LogP contribution in [0.3, 0.4) is 0 Å². The molecule has 5 heteroatoms. The number of aryl methyl sites for hydroxylation is 1. The third-order valence-electron chi connectivity index (χ3n) is 3.61. The van der Waals surface area contributed by atoms with Crippen LogP contribution >= 0.6 is 0 Å². The van der Waals surface area contributed by atoms with Crippen LogP contribution in [0, 0.1) is 18.3 Å². The maximum atomic E-state index is 12.2. The summed E-state index contributed by atoms with van der Waals surface area (Å²) in [6, 6.07) is 15.0. The quantitative estimate of drug-likeness (QED) is 0.879. The number of amides is 2. The Morgan fingerprint density at radius 2 is 1.83 bits per heavy atom. The summed E-state index contributed by atoms with van der Waals surface area (Å²) < 4.78 is 0. The first kappa shape index (κ1) is 16.2. The molecule has 0 aliphatic rings. The Morgan fingerprint density at radius 3 is 2.39 bits per heavy atom. The van der Waals surface area contributed by atoms with Crippen LogP contribution in [0.2, 0.25) is 0 Å². The Labute approximate surface area is 134 Å². The van der Waals surface area contributed by atoms with E-state index in [4.69, 9.17) is 11.0 Å². The van der Waals surface area contributed by atoms with Crippen LogP contribution in [-0.4, -0.2) is 17.9 Å². The highest BCUT2D eigenvalue weighted by molar-refractivity contribution is 5.97. The van der Waals surface area contributed by atoms with E-state index >= 15 is 0 Å². The number of carbonyl (C=O) groups excluding carboxylic acids is 2. The van der Waals surface area contributed by atoms with Crippen molar-refractivity contribution in [3.8, 4) is 6.07 Å². The average molecular weight is 307 g/mol. The van der Waals surface area contributed by atoms with Gasteiger partial charge in [-0.15, -0.1) is 0 Å². The van der Waals surface area contributed by atoms with Gasteiger partial charge >= 0.3 is 0 Å². The van der Waals surface area contributed by atoms with Crippen LogP contribution in [0.25, 0.3) is 0 Å². The molecule has 0 spiro atoms. The molecule has 0 saturated carbocycles. The smallest absolute Gasteiger partial charge is 0.251 e. The van der Waals surface area contributed by atoms with Crippen molar-refractivity contribution in [2.24, 2.45) is 5.73 Å². The standard InChI is InChI=1S/C18H17N3O2/c1-12-4-2-3-5-15(12)10-16(17(20)22)21-18(23)14-8-6-13(11-19)7-9-14/h2-9,16H,10H2,1H3,(H2,20,22)(H,21,23)/t16-/m0/s1. The summed E-state index contributed by atoms with van der Waals surface area (Å²) in [5.41, 5.74) is 8.24. The highest BCUT2D eigenvalue weighted by atomic mass is 16.2. The normalized spacial score (nSPS) is 11.3. The molecular weight excluding hydrogens is 290 g/mol. The molecule has 0 saturated heterocycles. The van der Waals surface area contributed by atoms with Crippen LogP contribution in [0.4, 0.5) is 0 Å². The van der Waals surface area contributed by atoms with E-state index in [0.717, 1.165) is 11.1 Å². The number of nitriles is 1. The lowest BCUT2D eigenvalue weighted by atomic mass is 10.0. The topological polar surface area (TPSA) is 96.0 Å². The second kappa shape index (κ2) is 7.23. The summed E-state index contributed by atoms with van der Waals surface area (Å²) in [7, 11) is 0. The molecule has 116 valence electrons. The van der Waals surface area contributed by atoms with E-state index in [1.165, 1.54) is 0 Å². The van der Waals surface area contributed by atoms with E-state index in [1.807, 2.05) is 37.3 Å². The second-order valence-electron chi connectivity index (χ2n) is 5.25. The number of nitrogens with zero attached hydrogens (tertiary/aromatic N) is 1. The molecule has 0 aliphatic heterocycles. The minimum absolute atomic E-state index is 0.337. The second-order valence-corrected chi connectivity index (χ2v) is 5.25. The summed E-state index contributed by atoms with van der Waals surface area (Å²) >= 11 is 0. The largest absolute Gasteiger partial charge is 0.368 e. The number of hydrogen-bond acceptors (Lipinski definition) is 3. The Morgan fingerprint density at radius 1 is 1.17 bits per heavy atom. The monoisotopic (exact) mass is 307 g/mol. The summed E-state index contributed by atoms with van der Waals surface area (Å²) in [5.74, 6) is -0.984. The van der Waals surface area contributed by atoms with Crippen LogP contribution < -0.4 is 11.1 Å². The van der Waals surface area contributed by atoms with Crippen LogP contribution in [0.1, 0.15) is 27.0 Å². The molecule has 2 aromatic rings. The van der Waals surface area contributed by atoms with E-state index in [9.17, 15) is 9.59 Å². The van der Waals surface area contributed by atoms with Crippen molar-refractivity contribution in [2.45, 2.75) is 19.4 Å². The Bertz CT molecular complexity index is 761. The van der Waals surface area contributed by atoms with Crippen molar-refractivity contribution < 1.29 is 9.59 Å². The summed E-state index contributed by atoms with van der Waals surface area (Å²) in [4.78, 5) is 23.9. The molecule has 0 aliphatic carbocycles. The van der Waals surface area contributed by atoms with Crippen molar-refractivity contribution in [3.63, 3.8) is 0 Å². The lowest BCUT2D eigenvalue weighted by Crippen LogP contribution is -2.46. The van der Waals surface area contributed by atoms with E-state index in [0.29, 0.717) is 17.5 Å². The predicted octanol–water partition coefficient (Wildman–Crippen LogP) is 1.69. The molecule has 0 fully saturated rings. The number of benzene rings is 2. The van der Waals surface area contributed by atoms with Crippen molar-refractivity contribution >= 4 is 11.8 Å². The number of hydrogen-bond donors (Lipinski definition) is 2. The fourth-order valence-electron chi connectivity index (χ4n) is 2.22. The van der Waals surface area contributed by atoms with Crippen molar-refractivity contribution in [1.82, 2.24) is 5.32 Å². The van der Waals surface area contributed by atoms with Crippen LogP contribution in [-0.2, 0) is 11.2 Å². The zero-order valence-corrected chi connectivity index (χ0v) is 12.7. The Kier molecular flexibility index (Phi) is 5.11. The highest BCUT2D eigenvalue weighted by Gasteiger charge is 2.20. The van der Waals surface area contributed by atoms with Crippen LogP contribution in [0.5, 0.6) is 0 Å².